The van der Waals surface area contributed by atoms with Gasteiger partial charge in [-0.15, -0.1) is 24.8 Å². The Hall–Kier alpha value is 0.01000. The second kappa shape index (κ2) is 10.7. The van der Waals surface area contributed by atoms with Crippen LogP contribution in [0.5, 0.6) is 0 Å². The van der Waals surface area contributed by atoms with Crippen molar-refractivity contribution >= 4 is 36.4 Å². The van der Waals surface area contributed by atoms with E-state index in [9.17, 15) is 0 Å². The van der Waals surface area contributed by atoms with Crippen molar-refractivity contribution in [1.82, 2.24) is 10.2 Å². The molecule has 1 aliphatic rings. The van der Waals surface area contributed by atoms with E-state index in [0.717, 1.165) is 37.1 Å². The molecule has 1 aromatic rings. The summed E-state index contributed by atoms with van der Waals surface area (Å²) in [5.74, 6) is 0.751. The van der Waals surface area contributed by atoms with E-state index in [1.165, 1.54) is 24.0 Å². The predicted molar refractivity (Wildman–Crippen MR) is 102 cm³/mol. The van der Waals surface area contributed by atoms with Crippen molar-refractivity contribution < 1.29 is 0 Å². The lowest BCUT2D eigenvalue weighted by Gasteiger charge is -2.36. The fraction of sp³-hybridized carbons (Fsp3) is 0.647. The van der Waals surface area contributed by atoms with Crippen LogP contribution in [0.25, 0.3) is 0 Å². The monoisotopic (exact) mass is 366 g/mol. The van der Waals surface area contributed by atoms with Crippen molar-refractivity contribution in [3.8, 4) is 0 Å². The molecule has 1 atom stereocenters. The third-order valence-electron chi connectivity index (χ3n) is 4.19. The van der Waals surface area contributed by atoms with Crippen LogP contribution in [-0.2, 0) is 0 Å². The third-order valence-corrected chi connectivity index (χ3v) is 4.60. The highest BCUT2D eigenvalue weighted by Crippen LogP contribution is 2.30. The summed E-state index contributed by atoms with van der Waals surface area (Å²) < 4.78 is 0. The van der Waals surface area contributed by atoms with Crippen molar-refractivity contribution in [3.63, 3.8) is 0 Å². The number of nitrogens with zero attached hydrogens (tertiary/aromatic N) is 1. The van der Waals surface area contributed by atoms with E-state index in [1.807, 2.05) is 0 Å². The van der Waals surface area contributed by atoms with Gasteiger partial charge in [0.1, 0.15) is 0 Å². The van der Waals surface area contributed by atoms with Gasteiger partial charge in [-0.3, -0.25) is 4.90 Å². The fourth-order valence-electron chi connectivity index (χ4n) is 2.86. The van der Waals surface area contributed by atoms with Crippen LogP contribution in [0.1, 0.15) is 43.9 Å². The number of piperazine rings is 1. The number of hydrogen-bond acceptors (Lipinski definition) is 2. The van der Waals surface area contributed by atoms with E-state index in [4.69, 9.17) is 11.6 Å². The Morgan fingerprint density at radius 1 is 1.14 bits per heavy atom. The van der Waals surface area contributed by atoms with Crippen molar-refractivity contribution in [2.75, 3.05) is 26.2 Å². The molecule has 5 heteroatoms. The zero-order valence-electron chi connectivity index (χ0n) is 13.8. The predicted octanol–water partition coefficient (Wildman–Crippen LogP) is 4.87. The lowest BCUT2D eigenvalue weighted by molar-refractivity contribution is 0.160. The summed E-state index contributed by atoms with van der Waals surface area (Å²) in [5, 5.41) is 4.33. The van der Waals surface area contributed by atoms with E-state index >= 15 is 0 Å². The SMILES string of the molecule is Cc1ccc([C@@H](CCC(C)C)N2CCNCC2)cc1Cl.Cl.Cl. The number of aryl methyl sites for hydroxylation is 1. The Morgan fingerprint density at radius 3 is 2.32 bits per heavy atom. The molecule has 1 heterocycles. The van der Waals surface area contributed by atoms with Gasteiger partial charge in [0.05, 0.1) is 0 Å². The molecule has 1 N–H and O–H groups in total. The minimum atomic E-state index is 0. The highest BCUT2D eigenvalue weighted by molar-refractivity contribution is 6.31. The molecule has 0 bridgehead atoms. The summed E-state index contributed by atoms with van der Waals surface area (Å²) in [6, 6.07) is 7.10. The number of nitrogens with one attached hydrogen (secondary N) is 1. The van der Waals surface area contributed by atoms with Crippen LogP contribution in [-0.4, -0.2) is 31.1 Å². The summed E-state index contributed by atoms with van der Waals surface area (Å²) in [6.45, 7) is 11.1. The van der Waals surface area contributed by atoms with Gasteiger partial charge in [0.25, 0.3) is 0 Å². The Balaban J connectivity index is 0.00000220. The molecule has 0 unspecified atom stereocenters. The maximum absolute atomic E-state index is 6.33. The topological polar surface area (TPSA) is 15.3 Å². The molecule has 0 aliphatic carbocycles. The highest BCUT2D eigenvalue weighted by Gasteiger charge is 2.22. The highest BCUT2D eigenvalue weighted by atomic mass is 35.5. The van der Waals surface area contributed by atoms with Crippen LogP contribution in [0.3, 0.4) is 0 Å². The van der Waals surface area contributed by atoms with Gasteiger partial charge in [-0.1, -0.05) is 37.6 Å². The summed E-state index contributed by atoms with van der Waals surface area (Å²) in [5.41, 5.74) is 2.54. The molecule has 0 spiro atoms. The molecular weight excluding hydrogens is 339 g/mol. The van der Waals surface area contributed by atoms with Crippen LogP contribution in [0, 0.1) is 12.8 Å². The van der Waals surface area contributed by atoms with Crippen molar-refractivity contribution in [2.45, 2.75) is 39.7 Å². The van der Waals surface area contributed by atoms with Gasteiger partial charge in [0.15, 0.2) is 0 Å². The van der Waals surface area contributed by atoms with Crippen LogP contribution in [0.2, 0.25) is 5.02 Å². The number of rotatable bonds is 5. The zero-order chi connectivity index (χ0) is 14.5. The third kappa shape index (κ3) is 6.25. The minimum absolute atomic E-state index is 0. The van der Waals surface area contributed by atoms with Crippen molar-refractivity contribution in [2.24, 2.45) is 5.92 Å². The maximum atomic E-state index is 6.33. The quantitative estimate of drug-likeness (QED) is 0.798. The fourth-order valence-corrected chi connectivity index (χ4v) is 3.05. The van der Waals surface area contributed by atoms with Crippen LogP contribution >= 0.6 is 36.4 Å². The summed E-state index contributed by atoms with van der Waals surface area (Å²) in [4.78, 5) is 2.61. The Labute approximate surface area is 152 Å². The van der Waals surface area contributed by atoms with Crippen LogP contribution in [0.15, 0.2) is 18.2 Å². The molecule has 0 saturated carbocycles. The Bertz CT molecular complexity index is 432. The number of halogens is 3. The minimum Gasteiger partial charge on any atom is -0.314 e. The average molecular weight is 368 g/mol. The molecular formula is C17H29Cl3N2. The Morgan fingerprint density at radius 2 is 1.77 bits per heavy atom. The summed E-state index contributed by atoms with van der Waals surface area (Å²) in [7, 11) is 0. The van der Waals surface area contributed by atoms with Crippen molar-refractivity contribution in [3.05, 3.63) is 34.3 Å². The summed E-state index contributed by atoms with van der Waals surface area (Å²) >= 11 is 6.33. The van der Waals surface area contributed by atoms with Crippen LogP contribution < -0.4 is 5.32 Å². The van der Waals surface area contributed by atoms with Gasteiger partial charge in [-0.2, -0.15) is 0 Å². The number of benzene rings is 1. The molecule has 0 amide bonds. The second-order valence-corrected chi connectivity index (χ2v) is 6.69. The molecule has 1 aromatic carbocycles. The Kier molecular flexibility index (Phi) is 10.7. The first kappa shape index (κ1) is 22.0. The first-order valence-electron chi connectivity index (χ1n) is 7.78. The van der Waals surface area contributed by atoms with E-state index < -0.39 is 0 Å². The zero-order valence-corrected chi connectivity index (χ0v) is 16.2. The molecule has 2 rings (SSSR count). The molecule has 0 radical (unpaired) electrons. The first-order valence-corrected chi connectivity index (χ1v) is 8.16. The molecule has 1 fully saturated rings. The average Bonchev–Trinajstić information content (AvgIpc) is 2.44. The normalized spacial score (nSPS) is 16.8. The standard InChI is InChI=1S/C17H27ClN2.2ClH/c1-13(2)4-7-17(20-10-8-19-9-11-20)15-6-5-14(3)16(18)12-15;;/h5-6,12-13,17,19H,4,7-11H2,1-3H3;2*1H/t17-;;/m1../s1. The van der Waals surface area contributed by atoms with Crippen molar-refractivity contribution in [1.29, 1.82) is 0 Å². The molecule has 0 aromatic heterocycles. The van der Waals surface area contributed by atoms with Gasteiger partial charge >= 0.3 is 0 Å². The smallest absolute Gasteiger partial charge is 0.0438 e. The number of hydrogen-bond donors (Lipinski definition) is 1. The van der Waals surface area contributed by atoms with Gasteiger partial charge in [-0.05, 0) is 42.9 Å². The molecule has 2 nitrogen and oxygen atoms in total. The van der Waals surface area contributed by atoms with Gasteiger partial charge in [0.2, 0.25) is 0 Å². The van der Waals surface area contributed by atoms with Gasteiger partial charge in [-0.25, -0.2) is 0 Å². The molecule has 128 valence electrons. The second-order valence-electron chi connectivity index (χ2n) is 6.28. The molecule has 22 heavy (non-hydrogen) atoms. The lowest BCUT2D eigenvalue weighted by Crippen LogP contribution is -2.45. The van der Waals surface area contributed by atoms with Gasteiger partial charge < -0.3 is 5.32 Å². The first-order chi connectivity index (χ1) is 9.58. The van der Waals surface area contributed by atoms with Crippen LogP contribution in [0.4, 0.5) is 0 Å². The largest absolute Gasteiger partial charge is 0.314 e. The van der Waals surface area contributed by atoms with E-state index in [0.29, 0.717) is 6.04 Å². The lowest BCUT2D eigenvalue weighted by atomic mass is 9.95. The van der Waals surface area contributed by atoms with Gasteiger partial charge in [0, 0.05) is 37.2 Å². The summed E-state index contributed by atoms with van der Waals surface area (Å²) in [6.07, 6.45) is 2.48. The van der Waals surface area contributed by atoms with E-state index in [1.54, 1.807) is 0 Å². The maximum Gasteiger partial charge on any atom is 0.0438 e. The van der Waals surface area contributed by atoms with E-state index in [-0.39, 0.29) is 24.8 Å². The molecule has 1 saturated heterocycles. The van der Waals surface area contributed by atoms with E-state index in [2.05, 4.69) is 49.2 Å². The molecule has 1 aliphatic heterocycles.